The number of anilines is 1. The van der Waals surface area contributed by atoms with Crippen LogP contribution in [-0.4, -0.2) is 32.3 Å². The summed E-state index contributed by atoms with van der Waals surface area (Å²) >= 11 is 0. The van der Waals surface area contributed by atoms with Gasteiger partial charge in [-0.25, -0.2) is 8.42 Å². The highest BCUT2D eigenvalue weighted by Gasteiger charge is 2.55. The summed E-state index contributed by atoms with van der Waals surface area (Å²) < 4.78 is 64.0. The molecule has 33 heavy (non-hydrogen) atoms. The van der Waals surface area contributed by atoms with E-state index in [1.54, 1.807) is 25.1 Å². The van der Waals surface area contributed by atoms with Gasteiger partial charge in [-0.05, 0) is 54.7 Å². The van der Waals surface area contributed by atoms with Crippen molar-refractivity contribution < 1.29 is 31.5 Å². The van der Waals surface area contributed by atoms with Gasteiger partial charge in [0, 0.05) is 17.9 Å². The highest BCUT2D eigenvalue weighted by atomic mass is 32.2. The third kappa shape index (κ3) is 5.86. The molecule has 0 spiro atoms. The number of alkyl halides is 3. The van der Waals surface area contributed by atoms with Gasteiger partial charge in [-0.3, -0.25) is 9.52 Å². The van der Waals surface area contributed by atoms with Crippen LogP contribution in [0.5, 0.6) is 0 Å². The van der Waals surface area contributed by atoms with Gasteiger partial charge in [0.2, 0.25) is 15.9 Å². The van der Waals surface area contributed by atoms with Crippen LogP contribution in [0.4, 0.5) is 18.9 Å². The molecule has 3 rings (SSSR count). The topological polar surface area (TPSA) is 95.5 Å². The number of carbonyl (C=O) groups excluding carboxylic acids is 1. The van der Waals surface area contributed by atoms with Crippen LogP contribution in [0.2, 0.25) is 0 Å². The van der Waals surface area contributed by atoms with E-state index in [4.69, 9.17) is 0 Å². The normalized spacial score (nSPS) is 21.4. The molecule has 3 atom stereocenters. The Balaban J connectivity index is 1.70. The number of halogens is 3. The first kappa shape index (κ1) is 25.0. The number of hydrogen-bond acceptors (Lipinski definition) is 4. The van der Waals surface area contributed by atoms with Gasteiger partial charge in [0.25, 0.3) is 0 Å². The van der Waals surface area contributed by atoms with Crippen molar-refractivity contribution in [3.05, 3.63) is 64.7 Å². The Hall–Kier alpha value is -2.59. The molecule has 1 saturated carbocycles. The third-order valence-corrected chi connectivity index (χ3v) is 6.68. The van der Waals surface area contributed by atoms with E-state index in [9.17, 15) is 31.5 Å². The Labute approximate surface area is 191 Å². The van der Waals surface area contributed by atoms with E-state index in [0.717, 1.165) is 24.0 Å². The maximum absolute atomic E-state index is 12.8. The first-order valence-corrected chi connectivity index (χ1v) is 12.3. The molecule has 0 aliphatic heterocycles. The average molecular weight is 485 g/mol. The van der Waals surface area contributed by atoms with Gasteiger partial charge >= 0.3 is 6.18 Å². The minimum Gasteiger partial charge on any atom is -0.396 e. The molecule has 180 valence electrons. The second-order valence-corrected chi connectivity index (χ2v) is 10.5. The van der Waals surface area contributed by atoms with E-state index in [0.29, 0.717) is 23.2 Å². The molecule has 0 heterocycles. The molecule has 2 aromatic carbocycles. The zero-order valence-electron chi connectivity index (χ0n) is 18.5. The average Bonchev–Trinajstić information content (AvgIpc) is 3.41. The van der Waals surface area contributed by atoms with E-state index in [1.807, 2.05) is 6.92 Å². The SMILES string of the molecule is CC(NC(=O)[C@@H]1C[C@]1(C)c1ccc(C(F)(F)F)cc1)c1ccc(NS(C)(=O)=O)c(CCO)c1. The van der Waals surface area contributed by atoms with Gasteiger partial charge < -0.3 is 10.4 Å². The molecule has 1 aliphatic carbocycles. The summed E-state index contributed by atoms with van der Waals surface area (Å²) in [6.07, 6.45) is -2.60. The number of sulfonamides is 1. The fraction of sp³-hybridized carbons (Fsp3) is 0.435. The molecule has 3 N–H and O–H groups in total. The summed E-state index contributed by atoms with van der Waals surface area (Å²) in [7, 11) is -3.49. The van der Waals surface area contributed by atoms with E-state index < -0.39 is 27.2 Å². The Kier molecular flexibility index (Phi) is 6.82. The van der Waals surface area contributed by atoms with Crippen LogP contribution in [-0.2, 0) is 32.8 Å². The summed E-state index contributed by atoms with van der Waals surface area (Å²) in [6, 6.07) is 9.55. The fourth-order valence-electron chi connectivity index (χ4n) is 4.01. The lowest BCUT2D eigenvalue weighted by atomic mass is 9.94. The zero-order chi connectivity index (χ0) is 24.6. The van der Waals surface area contributed by atoms with Crippen LogP contribution < -0.4 is 10.0 Å². The van der Waals surface area contributed by atoms with Crippen molar-refractivity contribution in [2.45, 2.75) is 44.3 Å². The number of aliphatic hydroxyl groups excluding tert-OH is 1. The number of amides is 1. The summed E-state index contributed by atoms with van der Waals surface area (Å²) in [5.41, 5.74) is 1.14. The molecule has 6 nitrogen and oxygen atoms in total. The highest BCUT2D eigenvalue weighted by molar-refractivity contribution is 7.92. The standard InChI is InChI=1S/C23H27F3N2O4S/c1-14(15-4-9-20(28-33(3,31)32)16(12-15)10-11-29)27-21(30)19-13-22(19,2)17-5-7-18(8-6-17)23(24,25)26/h4-9,12,14,19,28-29H,10-11,13H2,1-3H3,(H,27,30)/t14?,19-,22+/m0/s1. The summed E-state index contributed by atoms with van der Waals surface area (Å²) in [4.78, 5) is 12.8. The van der Waals surface area contributed by atoms with Gasteiger partial charge in [0.1, 0.15) is 0 Å². The number of carbonyl (C=O) groups is 1. The lowest BCUT2D eigenvalue weighted by molar-refractivity contribution is -0.137. The number of benzene rings is 2. The Morgan fingerprint density at radius 2 is 1.85 bits per heavy atom. The maximum atomic E-state index is 12.8. The van der Waals surface area contributed by atoms with Crippen molar-refractivity contribution in [1.29, 1.82) is 0 Å². The second-order valence-electron chi connectivity index (χ2n) is 8.74. The van der Waals surface area contributed by atoms with Gasteiger partial charge in [0.15, 0.2) is 0 Å². The predicted molar refractivity (Wildman–Crippen MR) is 119 cm³/mol. The fourth-order valence-corrected chi connectivity index (χ4v) is 4.61. The van der Waals surface area contributed by atoms with E-state index in [1.165, 1.54) is 12.1 Å². The second kappa shape index (κ2) is 8.98. The molecule has 0 radical (unpaired) electrons. The molecule has 0 aromatic heterocycles. The molecule has 1 fully saturated rings. The highest BCUT2D eigenvalue weighted by Crippen LogP contribution is 2.54. The number of hydrogen-bond donors (Lipinski definition) is 3. The van der Waals surface area contributed by atoms with Crippen molar-refractivity contribution in [3.63, 3.8) is 0 Å². The Morgan fingerprint density at radius 3 is 2.39 bits per heavy atom. The Bertz CT molecular complexity index is 1130. The van der Waals surface area contributed by atoms with Crippen molar-refractivity contribution in [2.75, 3.05) is 17.6 Å². The molecule has 0 bridgehead atoms. The molecule has 1 unspecified atom stereocenters. The minimum absolute atomic E-state index is 0.170. The van der Waals surface area contributed by atoms with Crippen LogP contribution in [0.15, 0.2) is 42.5 Å². The number of rotatable bonds is 8. The third-order valence-electron chi connectivity index (χ3n) is 6.09. The van der Waals surface area contributed by atoms with Crippen molar-refractivity contribution in [3.8, 4) is 0 Å². The quantitative estimate of drug-likeness (QED) is 0.532. The summed E-state index contributed by atoms with van der Waals surface area (Å²) in [5.74, 6) is -0.563. The molecular weight excluding hydrogens is 457 g/mol. The van der Waals surface area contributed by atoms with Crippen molar-refractivity contribution >= 4 is 21.6 Å². The number of aliphatic hydroxyl groups is 1. The summed E-state index contributed by atoms with van der Waals surface area (Å²) in [5, 5.41) is 12.3. The largest absolute Gasteiger partial charge is 0.416 e. The molecule has 0 saturated heterocycles. The van der Waals surface area contributed by atoms with Gasteiger partial charge in [-0.15, -0.1) is 0 Å². The molecule has 2 aromatic rings. The molecule has 1 aliphatic rings. The van der Waals surface area contributed by atoms with Crippen molar-refractivity contribution in [2.24, 2.45) is 5.92 Å². The van der Waals surface area contributed by atoms with Gasteiger partial charge in [0.05, 0.1) is 23.5 Å². The van der Waals surface area contributed by atoms with E-state index in [2.05, 4.69) is 10.0 Å². The van der Waals surface area contributed by atoms with Crippen molar-refractivity contribution in [1.82, 2.24) is 5.32 Å². The van der Waals surface area contributed by atoms with Gasteiger partial charge in [-0.1, -0.05) is 31.2 Å². The molecule has 10 heteroatoms. The molecule has 1 amide bonds. The first-order chi connectivity index (χ1) is 15.2. The van der Waals surface area contributed by atoms with Crippen LogP contribution in [0.25, 0.3) is 0 Å². The van der Waals surface area contributed by atoms with Crippen LogP contribution in [0.3, 0.4) is 0 Å². The molecular formula is C23H27F3N2O4S. The van der Waals surface area contributed by atoms with Gasteiger partial charge in [-0.2, -0.15) is 13.2 Å². The van der Waals surface area contributed by atoms with Crippen LogP contribution in [0.1, 0.15) is 48.6 Å². The van der Waals surface area contributed by atoms with Crippen LogP contribution >= 0.6 is 0 Å². The first-order valence-electron chi connectivity index (χ1n) is 10.4. The van der Waals surface area contributed by atoms with E-state index >= 15 is 0 Å². The summed E-state index contributed by atoms with van der Waals surface area (Å²) in [6.45, 7) is 3.48. The van der Waals surface area contributed by atoms with E-state index in [-0.39, 0.29) is 30.9 Å². The maximum Gasteiger partial charge on any atom is 0.416 e. The Morgan fingerprint density at radius 1 is 1.21 bits per heavy atom. The zero-order valence-corrected chi connectivity index (χ0v) is 19.3. The van der Waals surface area contributed by atoms with Crippen LogP contribution in [0, 0.1) is 5.92 Å². The minimum atomic E-state index is -4.41. The smallest absolute Gasteiger partial charge is 0.396 e. The lowest BCUT2D eigenvalue weighted by Crippen LogP contribution is -2.30. The lowest BCUT2D eigenvalue weighted by Gasteiger charge is -2.19. The monoisotopic (exact) mass is 484 g/mol. The number of nitrogens with one attached hydrogen (secondary N) is 2. The predicted octanol–water partition coefficient (Wildman–Crippen LogP) is 3.77.